The summed E-state index contributed by atoms with van der Waals surface area (Å²) < 4.78 is 0. The number of hydrogen-bond donors (Lipinski definition) is 3. The minimum atomic E-state index is -1.25. The molecule has 1 heterocycles. The van der Waals surface area contributed by atoms with Crippen LogP contribution in [0.4, 0.5) is 4.79 Å². The Morgan fingerprint density at radius 2 is 2.08 bits per heavy atom. The first-order valence-electron chi connectivity index (χ1n) is 3.00. The van der Waals surface area contributed by atoms with Crippen molar-refractivity contribution in [1.82, 2.24) is 10.6 Å². The van der Waals surface area contributed by atoms with Crippen LogP contribution in [0, 0.1) is 0 Å². The van der Waals surface area contributed by atoms with Crippen molar-refractivity contribution in [3.05, 3.63) is 0 Å². The average molecular weight is 239 g/mol. The van der Waals surface area contributed by atoms with Crippen LogP contribution in [0.1, 0.15) is 0 Å². The van der Waals surface area contributed by atoms with E-state index in [0.29, 0.717) is 0 Å². The predicted octanol–water partition coefficient (Wildman–Crippen LogP) is -0.958. The second-order valence-corrected chi connectivity index (χ2v) is 3.17. The first-order chi connectivity index (χ1) is 5.52. The number of halogens is 1. The van der Waals surface area contributed by atoms with Gasteiger partial charge in [-0.05, 0) is 0 Å². The maximum absolute atomic E-state index is 10.8. The second kappa shape index (κ2) is 3.10. The number of hydrogen-bond acceptors (Lipinski definition) is 3. The molecule has 1 aliphatic rings. The van der Waals surface area contributed by atoms with E-state index in [4.69, 9.17) is 5.11 Å². The number of carboxylic acids is 1. The van der Waals surface area contributed by atoms with E-state index >= 15 is 0 Å². The van der Waals surface area contributed by atoms with Gasteiger partial charge in [-0.3, -0.25) is 10.1 Å². The Balaban J connectivity index is 2.79. The van der Waals surface area contributed by atoms with Gasteiger partial charge in [-0.25, -0.2) is 9.59 Å². The van der Waals surface area contributed by atoms with Gasteiger partial charge in [0.2, 0.25) is 5.91 Å². The van der Waals surface area contributed by atoms with Crippen molar-refractivity contribution in [3.8, 4) is 0 Å². The van der Waals surface area contributed by atoms with Crippen molar-refractivity contribution >= 4 is 33.8 Å². The minimum absolute atomic E-state index is 0.647. The third kappa shape index (κ3) is 1.55. The molecule has 3 amide bonds. The van der Waals surface area contributed by atoms with Crippen LogP contribution in [0.3, 0.4) is 0 Å². The predicted molar refractivity (Wildman–Crippen MR) is 40.8 cm³/mol. The summed E-state index contributed by atoms with van der Waals surface area (Å²) in [7, 11) is 0. The number of aliphatic carboxylic acids is 1. The fraction of sp³-hybridized carbons (Fsp3) is 0.400. The highest BCUT2D eigenvalue weighted by Gasteiger charge is 2.37. The molecule has 0 aromatic heterocycles. The van der Waals surface area contributed by atoms with Gasteiger partial charge >= 0.3 is 12.0 Å². The highest BCUT2D eigenvalue weighted by atomic mass is 79.9. The monoisotopic (exact) mass is 238 g/mol. The van der Waals surface area contributed by atoms with E-state index in [-0.39, 0.29) is 0 Å². The Morgan fingerprint density at radius 3 is 2.58 bits per heavy atom. The van der Waals surface area contributed by atoms with E-state index in [1.165, 1.54) is 0 Å². The van der Waals surface area contributed by atoms with Gasteiger partial charge in [-0.15, -0.1) is 0 Å². The molecule has 66 valence electrons. The summed E-state index contributed by atoms with van der Waals surface area (Å²) in [6.45, 7) is 0. The van der Waals surface area contributed by atoms with E-state index in [9.17, 15) is 14.4 Å². The summed E-state index contributed by atoms with van der Waals surface area (Å²) in [4.78, 5) is 31.0. The number of nitrogens with one attached hydrogen (secondary N) is 2. The normalized spacial score (nSPS) is 29.1. The summed E-state index contributed by atoms with van der Waals surface area (Å²) in [6.07, 6.45) is 0. The number of carbonyl (C=O) groups is 3. The van der Waals surface area contributed by atoms with Crippen molar-refractivity contribution in [3.63, 3.8) is 0 Å². The number of amides is 3. The second-order valence-electron chi connectivity index (χ2n) is 2.18. The van der Waals surface area contributed by atoms with Gasteiger partial charge in [0.15, 0.2) is 0 Å². The molecule has 0 aliphatic carbocycles. The fourth-order valence-corrected chi connectivity index (χ4v) is 1.24. The van der Waals surface area contributed by atoms with Crippen molar-refractivity contribution in [2.75, 3.05) is 0 Å². The standard InChI is InChI=1S/C5H5BrN2O4/c6-1-2(4(10)11)7-5(12)8-3(1)9/h1-2H,(H,10,11)(H2,7,8,9,12)/i7+1,8+1. The number of imide groups is 1. The number of alkyl halides is 1. The van der Waals surface area contributed by atoms with Crippen molar-refractivity contribution in [2.45, 2.75) is 10.9 Å². The highest BCUT2D eigenvalue weighted by Crippen LogP contribution is 2.09. The lowest BCUT2D eigenvalue weighted by Crippen LogP contribution is -2.61. The summed E-state index contributed by atoms with van der Waals surface area (Å²) in [5.74, 6) is -1.90. The molecule has 0 saturated carbocycles. The number of rotatable bonds is 1. The third-order valence-electron chi connectivity index (χ3n) is 1.33. The Morgan fingerprint density at radius 1 is 1.50 bits per heavy atom. The Hall–Kier alpha value is -1.11. The molecule has 0 bridgehead atoms. The van der Waals surface area contributed by atoms with Gasteiger partial charge < -0.3 is 10.4 Å². The maximum atomic E-state index is 10.8. The molecular weight excluding hydrogens is 234 g/mol. The van der Waals surface area contributed by atoms with Gasteiger partial charge in [0.25, 0.3) is 0 Å². The molecule has 6 nitrogen and oxygen atoms in total. The van der Waals surface area contributed by atoms with E-state index in [1.54, 1.807) is 0 Å². The molecule has 12 heavy (non-hydrogen) atoms. The Kier molecular flexibility index (Phi) is 2.32. The SMILES string of the molecule is O=C1[15NH]C(=O)C(Br)C(C(=O)O)[15NH]1. The third-order valence-corrected chi connectivity index (χ3v) is 2.28. The fourth-order valence-electron chi connectivity index (χ4n) is 0.770. The zero-order valence-corrected chi connectivity index (χ0v) is 7.29. The molecule has 1 rings (SSSR count). The van der Waals surface area contributed by atoms with Crippen LogP contribution < -0.4 is 10.6 Å². The number of carboxylic acid groups (broad SMARTS) is 1. The molecule has 0 aromatic rings. The van der Waals surface area contributed by atoms with Crippen LogP contribution in [0.15, 0.2) is 0 Å². The van der Waals surface area contributed by atoms with E-state index in [2.05, 4.69) is 21.2 Å². The molecule has 0 radical (unpaired) electrons. The lowest BCUT2D eigenvalue weighted by atomic mass is 10.2. The molecule has 2 unspecified atom stereocenters. The zero-order valence-electron chi connectivity index (χ0n) is 5.70. The molecule has 0 spiro atoms. The van der Waals surface area contributed by atoms with Crippen LogP contribution in [-0.4, -0.2) is 33.9 Å². The van der Waals surface area contributed by atoms with Crippen molar-refractivity contribution in [2.24, 2.45) is 0 Å². The minimum Gasteiger partial charge on any atom is -0.480 e. The van der Waals surface area contributed by atoms with Gasteiger partial charge in [0.1, 0.15) is 10.9 Å². The van der Waals surface area contributed by atoms with Crippen LogP contribution in [0.2, 0.25) is 0 Å². The van der Waals surface area contributed by atoms with Crippen molar-refractivity contribution in [1.29, 1.82) is 0 Å². The molecule has 1 fully saturated rings. The quantitative estimate of drug-likeness (QED) is 0.405. The Bertz CT molecular complexity index is 254. The van der Waals surface area contributed by atoms with Gasteiger partial charge in [-0.2, -0.15) is 0 Å². The number of carbonyl (C=O) groups excluding carboxylic acids is 2. The van der Waals surface area contributed by atoms with E-state index in [1.807, 2.05) is 5.32 Å². The maximum Gasteiger partial charge on any atom is 0.327 e. The van der Waals surface area contributed by atoms with Gasteiger partial charge in [0, 0.05) is 0 Å². The summed E-state index contributed by atoms with van der Waals surface area (Å²) in [6, 6.07) is -1.99. The lowest BCUT2D eigenvalue weighted by molar-refractivity contribution is -0.141. The van der Waals surface area contributed by atoms with E-state index in [0.717, 1.165) is 0 Å². The molecule has 2 atom stereocenters. The van der Waals surface area contributed by atoms with Gasteiger partial charge in [0.05, 0.1) is 0 Å². The highest BCUT2D eigenvalue weighted by molar-refractivity contribution is 9.10. The topological polar surface area (TPSA) is 95.5 Å². The first-order valence-corrected chi connectivity index (χ1v) is 3.92. The summed E-state index contributed by atoms with van der Waals surface area (Å²) >= 11 is 2.84. The van der Waals surface area contributed by atoms with Crippen LogP contribution in [0.5, 0.6) is 0 Å². The van der Waals surface area contributed by atoms with Crippen LogP contribution in [0.25, 0.3) is 0 Å². The van der Waals surface area contributed by atoms with Crippen LogP contribution in [-0.2, 0) is 9.59 Å². The average Bonchev–Trinajstić information content (AvgIpc) is 1.96. The molecule has 1 aliphatic heterocycles. The molecule has 0 aromatic carbocycles. The lowest BCUT2D eigenvalue weighted by Gasteiger charge is -2.24. The van der Waals surface area contributed by atoms with E-state index < -0.39 is 28.8 Å². The largest absolute Gasteiger partial charge is 0.480 e. The number of urea groups is 1. The zero-order chi connectivity index (χ0) is 9.30. The Labute approximate surface area is 75.4 Å². The summed E-state index contributed by atoms with van der Waals surface area (Å²) in [5.41, 5.74) is 0. The summed E-state index contributed by atoms with van der Waals surface area (Å²) in [5, 5.41) is 12.5. The van der Waals surface area contributed by atoms with Crippen molar-refractivity contribution < 1.29 is 19.5 Å². The molecular formula is C5H5BrN2O4. The molecule has 3 N–H and O–H groups in total. The molecule has 7 heteroatoms. The first kappa shape index (κ1) is 8.98. The van der Waals surface area contributed by atoms with Gasteiger partial charge in [-0.1, -0.05) is 15.9 Å². The smallest absolute Gasteiger partial charge is 0.327 e. The van der Waals surface area contributed by atoms with Crippen LogP contribution >= 0.6 is 15.9 Å². The molecule has 1 saturated heterocycles.